The van der Waals surface area contributed by atoms with Crippen molar-refractivity contribution in [2.75, 3.05) is 6.61 Å². The number of aliphatic hydroxyl groups is 2. The molecule has 316 valence electrons. The Bertz CT molecular complexity index is 725. The highest BCUT2D eigenvalue weighted by Crippen LogP contribution is 2.17. The molecule has 0 rings (SSSR count). The minimum Gasteiger partial charge on any atom is -0.394 e. The van der Waals surface area contributed by atoms with Crippen molar-refractivity contribution >= 4 is 5.91 Å². The van der Waals surface area contributed by atoms with E-state index in [1.165, 1.54) is 231 Å². The van der Waals surface area contributed by atoms with Gasteiger partial charge in [0.1, 0.15) is 0 Å². The maximum Gasteiger partial charge on any atom is 0.220 e. The molecule has 0 aromatic carbocycles. The lowest BCUT2D eigenvalue weighted by Gasteiger charge is -2.20. The van der Waals surface area contributed by atoms with Gasteiger partial charge < -0.3 is 15.5 Å². The van der Waals surface area contributed by atoms with Gasteiger partial charge in [-0.15, -0.1) is 0 Å². The van der Waals surface area contributed by atoms with Crippen molar-refractivity contribution < 1.29 is 15.0 Å². The standard InChI is InChI=1S/C49H97NO3/c1-3-5-7-9-11-13-15-17-19-21-22-23-24-25-26-27-29-30-32-34-36-38-40-42-44-48(52)47(46-51)50-49(53)45-43-41-39-37-35-33-31-28-20-18-16-14-12-10-8-6-4-2/h42,44,47-48,51-52H,3-41,43,45-46H2,1-2H3,(H,50,53)/b44-42+. The van der Waals surface area contributed by atoms with Crippen molar-refractivity contribution in [3.8, 4) is 0 Å². The van der Waals surface area contributed by atoms with Crippen molar-refractivity contribution in [2.24, 2.45) is 0 Å². The molecule has 2 atom stereocenters. The number of allylic oxidation sites excluding steroid dienone is 1. The molecule has 1 amide bonds. The van der Waals surface area contributed by atoms with Crippen LogP contribution in [-0.4, -0.2) is 34.9 Å². The summed E-state index contributed by atoms with van der Waals surface area (Å²) in [6.45, 7) is 4.34. The Morgan fingerprint density at radius 3 is 0.981 bits per heavy atom. The molecule has 0 aliphatic carbocycles. The van der Waals surface area contributed by atoms with E-state index in [1.807, 2.05) is 6.08 Å². The second-order valence-electron chi connectivity index (χ2n) is 16.9. The van der Waals surface area contributed by atoms with E-state index in [1.54, 1.807) is 6.08 Å². The number of carbonyl (C=O) groups is 1. The average molecular weight is 748 g/mol. The molecule has 0 saturated heterocycles. The number of amides is 1. The largest absolute Gasteiger partial charge is 0.394 e. The Kier molecular flexibility index (Phi) is 44.8. The molecular formula is C49H97NO3. The monoisotopic (exact) mass is 748 g/mol. The van der Waals surface area contributed by atoms with Crippen LogP contribution in [0.2, 0.25) is 0 Å². The number of hydrogen-bond acceptors (Lipinski definition) is 3. The maximum absolute atomic E-state index is 12.4. The number of carbonyl (C=O) groups excluding carboxylic acids is 1. The molecule has 0 aliphatic rings. The molecule has 0 bridgehead atoms. The van der Waals surface area contributed by atoms with Gasteiger partial charge in [-0.1, -0.05) is 264 Å². The summed E-state index contributed by atoms with van der Waals surface area (Å²) in [6, 6.07) is -0.617. The fourth-order valence-electron chi connectivity index (χ4n) is 7.77. The molecule has 2 unspecified atom stereocenters. The van der Waals surface area contributed by atoms with E-state index in [2.05, 4.69) is 19.2 Å². The van der Waals surface area contributed by atoms with Crippen molar-refractivity contribution in [1.29, 1.82) is 0 Å². The third-order valence-electron chi connectivity index (χ3n) is 11.5. The fourth-order valence-corrected chi connectivity index (χ4v) is 7.77. The van der Waals surface area contributed by atoms with E-state index >= 15 is 0 Å². The highest BCUT2D eigenvalue weighted by molar-refractivity contribution is 5.76. The molecule has 3 N–H and O–H groups in total. The third-order valence-corrected chi connectivity index (χ3v) is 11.5. The summed E-state index contributed by atoms with van der Waals surface area (Å²) in [5.74, 6) is -0.0583. The lowest BCUT2D eigenvalue weighted by Crippen LogP contribution is -2.45. The number of unbranched alkanes of at least 4 members (excludes halogenated alkanes) is 38. The lowest BCUT2D eigenvalue weighted by molar-refractivity contribution is -0.123. The van der Waals surface area contributed by atoms with Gasteiger partial charge >= 0.3 is 0 Å². The first kappa shape index (κ1) is 52.1. The number of aliphatic hydroxyl groups excluding tert-OH is 2. The van der Waals surface area contributed by atoms with E-state index in [9.17, 15) is 15.0 Å². The first-order valence-corrected chi connectivity index (χ1v) is 24.4. The molecule has 0 spiro atoms. The molecule has 0 aromatic heterocycles. The van der Waals surface area contributed by atoms with Gasteiger partial charge in [0.25, 0.3) is 0 Å². The third kappa shape index (κ3) is 42.1. The van der Waals surface area contributed by atoms with Gasteiger partial charge in [0.2, 0.25) is 5.91 Å². The van der Waals surface area contributed by atoms with Gasteiger partial charge in [0.15, 0.2) is 0 Å². The Morgan fingerprint density at radius 1 is 0.434 bits per heavy atom. The molecule has 0 saturated carbocycles. The fraction of sp³-hybridized carbons (Fsp3) is 0.939. The van der Waals surface area contributed by atoms with Gasteiger partial charge in [-0.25, -0.2) is 0 Å². The van der Waals surface area contributed by atoms with Crippen molar-refractivity contribution in [3.63, 3.8) is 0 Å². The highest BCUT2D eigenvalue weighted by atomic mass is 16.3. The Labute approximate surface area is 333 Å². The zero-order chi connectivity index (χ0) is 38.6. The summed E-state index contributed by atoms with van der Waals surface area (Å²) in [5.41, 5.74) is 0. The minimum atomic E-state index is -0.834. The predicted molar refractivity (Wildman–Crippen MR) is 235 cm³/mol. The van der Waals surface area contributed by atoms with E-state index in [0.717, 1.165) is 25.7 Å². The van der Waals surface area contributed by atoms with Crippen LogP contribution in [0.15, 0.2) is 12.2 Å². The van der Waals surface area contributed by atoms with Crippen LogP contribution >= 0.6 is 0 Å². The van der Waals surface area contributed by atoms with Gasteiger partial charge in [-0.3, -0.25) is 4.79 Å². The zero-order valence-electron chi connectivity index (χ0n) is 36.3. The summed E-state index contributed by atoms with van der Waals surface area (Å²) in [4.78, 5) is 12.4. The smallest absolute Gasteiger partial charge is 0.220 e. The van der Waals surface area contributed by atoms with Crippen LogP contribution in [0.1, 0.15) is 277 Å². The van der Waals surface area contributed by atoms with Crippen LogP contribution < -0.4 is 5.32 Å². The van der Waals surface area contributed by atoms with Crippen LogP contribution in [0.5, 0.6) is 0 Å². The molecule has 0 aromatic rings. The molecule has 4 nitrogen and oxygen atoms in total. The van der Waals surface area contributed by atoms with Gasteiger partial charge in [0.05, 0.1) is 18.8 Å². The second-order valence-corrected chi connectivity index (χ2v) is 16.9. The first-order valence-electron chi connectivity index (χ1n) is 24.4. The van der Waals surface area contributed by atoms with Gasteiger partial charge in [-0.05, 0) is 19.3 Å². The van der Waals surface area contributed by atoms with Crippen molar-refractivity contribution in [1.82, 2.24) is 5.32 Å². The van der Waals surface area contributed by atoms with Crippen LogP contribution in [-0.2, 0) is 4.79 Å². The van der Waals surface area contributed by atoms with Crippen LogP contribution in [0.4, 0.5) is 0 Å². The van der Waals surface area contributed by atoms with Crippen LogP contribution in [0, 0.1) is 0 Å². The van der Waals surface area contributed by atoms with Crippen LogP contribution in [0.25, 0.3) is 0 Å². The molecule has 0 heterocycles. The van der Waals surface area contributed by atoms with E-state index in [4.69, 9.17) is 0 Å². The minimum absolute atomic E-state index is 0.0583. The van der Waals surface area contributed by atoms with Crippen LogP contribution in [0.3, 0.4) is 0 Å². The topological polar surface area (TPSA) is 69.6 Å². The SMILES string of the molecule is CCCCCCCCCCCCCCCCCCCCCCCC/C=C/C(O)C(CO)NC(=O)CCCCCCCCCCCCCCCCCCC. The van der Waals surface area contributed by atoms with Gasteiger partial charge in [-0.2, -0.15) is 0 Å². The summed E-state index contributed by atoms with van der Waals surface area (Å²) in [5, 5.41) is 23.1. The number of hydrogen-bond donors (Lipinski definition) is 3. The maximum atomic E-state index is 12.4. The average Bonchev–Trinajstić information content (AvgIpc) is 3.16. The van der Waals surface area contributed by atoms with E-state index < -0.39 is 12.1 Å². The predicted octanol–water partition coefficient (Wildman–Crippen LogP) is 15.4. The Morgan fingerprint density at radius 2 is 0.698 bits per heavy atom. The Hall–Kier alpha value is -0.870. The molecule has 0 aliphatic heterocycles. The summed E-state index contributed by atoms with van der Waals surface area (Å²) in [6.07, 6.45) is 57.7. The normalized spacial score (nSPS) is 12.9. The summed E-state index contributed by atoms with van der Waals surface area (Å²) < 4.78 is 0. The molecule has 0 fully saturated rings. The number of nitrogens with one attached hydrogen (secondary N) is 1. The molecular weight excluding hydrogens is 651 g/mol. The molecule has 4 heteroatoms. The number of rotatable bonds is 45. The Balaban J connectivity index is 3.49. The van der Waals surface area contributed by atoms with Gasteiger partial charge in [0, 0.05) is 6.42 Å². The summed E-state index contributed by atoms with van der Waals surface area (Å²) in [7, 11) is 0. The zero-order valence-corrected chi connectivity index (χ0v) is 36.3. The first-order chi connectivity index (χ1) is 26.2. The molecule has 0 radical (unpaired) electrons. The van der Waals surface area contributed by atoms with Crippen molar-refractivity contribution in [2.45, 2.75) is 289 Å². The quantitative estimate of drug-likeness (QED) is 0.0429. The summed E-state index contributed by atoms with van der Waals surface area (Å²) >= 11 is 0. The highest BCUT2D eigenvalue weighted by Gasteiger charge is 2.18. The molecule has 53 heavy (non-hydrogen) atoms. The lowest BCUT2D eigenvalue weighted by atomic mass is 10.0. The van der Waals surface area contributed by atoms with E-state index in [0.29, 0.717) is 6.42 Å². The van der Waals surface area contributed by atoms with E-state index in [-0.39, 0.29) is 12.5 Å². The second kappa shape index (κ2) is 45.5. The van der Waals surface area contributed by atoms with Crippen molar-refractivity contribution in [3.05, 3.63) is 12.2 Å².